The zero-order valence-corrected chi connectivity index (χ0v) is 11.9. The van der Waals surface area contributed by atoms with Crippen LogP contribution in [0.25, 0.3) is 0 Å². The van der Waals surface area contributed by atoms with Gasteiger partial charge in [-0.3, -0.25) is 0 Å². The van der Waals surface area contributed by atoms with E-state index in [0.29, 0.717) is 11.6 Å². The summed E-state index contributed by atoms with van der Waals surface area (Å²) in [4.78, 5) is 13.2. The molecule has 0 spiro atoms. The monoisotopic (exact) mass is 280 g/mol. The van der Waals surface area contributed by atoms with E-state index < -0.39 is 11.8 Å². The molecule has 1 aliphatic heterocycles. The van der Waals surface area contributed by atoms with Crippen LogP contribution in [-0.4, -0.2) is 42.2 Å². The average Bonchev–Trinajstić information content (AvgIpc) is 2.40. The summed E-state index contributed by atoms with van der Waals surface area (Å²) < 4.78 is 13.3. The molecule has 1 fully saturated rings. The minimum atomic E-state index is -1.24. The lowest BCUT2D eigenvalue weighted by Gasteiger charge is -2.34. The number of nitrogens with zero attached hydrogens (tertiary/aromatic N) is 1. The van der Waals surface area contributed by atoms with Gasteiger partial charge in [-0.15, -0.1) is 0 Å². The van der Waals surface area contributed by atoms with Crippen molar-refractivity contribution in [2.75, 3.05) is 25.5 Å². The number of piperidine rings is 1. The summed E-state index contributed by atoms with van der Waals surface area (Å²) in [5.41, 5.74) is 0.368. The Morgan fingerprint density at radius 1 is 1.55 bits per heavy atom. The molecule has 0 amide bonds. The topological polar surface area (TPSA) is 52.6 Å². The highest BCUT2D eigenvalue weighted by atomic mass is 19.1. The molecule has 2 atom stereocenters. The molecule has 0 radical (unpaired) electrons. The van der Waals surface area contributed by atoms with Crippen LogP contribution < -0.4 is 5.32 Å². The van der Waals surface area contributed by atoms with Crippen molar-refractivity contribution in [2.24, 2.45) is 5.92 Å². The van der Waals surface area contributed by atoms with E-state index in [4.69, 9.17) is 5.11 Å². The van der Waals surface area contributed by atoms with E-state index in [1.165, 1.54) is 18.6 Å². The van der Waals surface area contributed by atoms with E-state index in [9.17, 15) is 9.18 Å². The number of likely N-dealkylation sites (tertiary alicyclic amines) is 1. The van der Waals surface area contributed by atoms with Crippen LogP contribution in [-0.2, 0) is 0 Å². The van der Waals surface area contributed by atoms with Gasteiger partial charge in [0.2, 0.25) is 0 Å². The van der Waals surface area contributed by atoms with Crippen molar-refractivity contribution in [1.82, 2.24) is 4.90 Å². The van der Waals surface area contributed by atoms with Gasteiger partial charge in [0, 0.05) is 18.3 Å². The van der Waals surface area contributed by atoms with E-state index in [-0.39, 0.29) is 11.6 Å². The fourth-order valence-electron chi connectivity index (χ4n) is 2.77. The molecular weight excluding hydrogens is 259 g/mol. The average molecular weight is 280 g/mol. The first-order valence-corrected chi connectivity index (χ1v) is 6.95. The fourth-order valence-corrected chi connectivity index (χ4v) is 2.77. The van der Waals surface area contributed by atoms with Crippen molar-refractivity contribution in [2.45, 2.75) is 25.8 Å². The largest absolute Gasteiger partial charge is 0.478 e. The third kappa shape index (κ3) is 3.48. The molecule has 20 heavy (non-hydrogen) atoms. The maximum Gasteiger partial charge on any atom is 0.338 e. The van der Waals surface area contributed by atoms with Crippen LogP contribution in [0.3, 0.4) is 0 Å². The van der Waals surface area contributed by atoms with Gasteiger partial charge in [0.1, 0.15) is 5.82 Å². The highest BCUT2D eigenvalue weighted by Gasteiger charge is 2.23. The minimum Gasteiger partial charge on any atom is -0.478 e. The molecule has 2 N–H and O–H groups in total. The van der Waals surface area contributed by atoms with Gasteiger partial charge < -0.3 is 15.3 Å². The Kier molecular flexibility index (Phi) is 4.60. The number of rotatable bonds is 4. The first-order chi connectivity index (χ1) is 9.47. The molecule has 1 aliphatic rings. The Morgan fingerprint density at radius 3 is 2.95 bits per heavy atom. The molecule has 2 unspecified atom stereocenters. The number of nitrogens with one attached hydrogen (secondary N) is 1. The van der Waals surface area contributed by atoms with Crippen molar-refractivity contribution < 1.29 is 14.3 Å². The van der Waals surface area contributed by atoms with E-state index in [1.807, 2.05) is 0 Å². The van der Waals surface area contributed by atoms with Crippen LogP contribution >= 0.6 is 0 Å². The smallest absolute Gasteiger partial charge is 0.338 e. The highest BCUT2D eigenvalue weighted by molar-refractivity contribution is 5.89. The molecule has 110 valence electrons. The van der Waals surface area contributed by atoms with Crippen LogP contribution in [0.5, 0.6) is 0 Å². The van der Waals surface area contributed by atoms with Crippen molar-refractivity contribution >= 4 is 11.7 Å². The van der Waals surface area contributed by atoms with Crippen molar-refractivity contribution in [3.8, 4) is 0 Å². The number of benzene rings is 1. The second-order valence-electron chi connectivity index (χ2n) is 5.60. The normalized spacial score (nSPS) is 21.4. The van der Waals surface area contributed by atoms with Crippen molar-refractivity contribution in [1.29, 1.82) is 0 Å². The van der Waals surface area contributed by atoms with Crippen LogP contribution in [0.2, 0.25) is 0 Å². The molecule has 1 aromatic rings. The Hall–Kier alpha value is -1.62. The first-order valence-electron chi connectivity index (χ1n) is 6.95. The van der Waals surface area contributed by atoms with Crippen molar-refractivity contribution in [3.05, 3.63) is 29.6 Å². The van der Waals surface area contributed by atoms with Crippen LogP contribution in [0, 0.1) is 11.7 Å². The van der Waals surface area contributed by atoms with E-state index in [2.05, 4.69) is 24.2 Å². The summed E-state index contributed by atoms with van der Waals surface area (Å²) in [6.45, 7) is 4.25. The standard InChI is InChI=1S/C15H21FN2O2/c1-10(11-4-3-7-18(2)9-11)17-12-5-6-14(16)13(8-12)15(19)20/h5-6,8,10-11,17H,3-4,7,9H2,1-2H3,(H,19,20). The summed E-state index contributed by atoms with van der Waals surface area (Å²) >= 11 is 0. The Labute approximate surface area is 118 Å². The van der Waals surface area contributed by atoms with Gasteiger partial charge in [-0.25, -0.2) is 9.18 Å². The van der Waals surface area contributed by atoms with E-state index in [0.717, 1.165) is 19.5 Å². The molecule has 4 nitrogen and oxygen atoms in total. The number of halogens is 1. The van der Waals surface area contributed by atoms with Gasteiger partial charge >= 0.3 is 5.97 Å². The lowest BCUT2D eigenvalue weighted by molar-refractivity contribution is 0.0692. The van der Waals surface area contributed by atoms with Crippen LogP contribution in [0.4, 0.5) is 10.1 Å². The summed E-state index contributed by atoms with van der Waals surface area (Å²) in [6, 6.07) is 4.38. The number of aromatic carboxylic acids is 1. The molecule has 0 saturated carbocycles. The summed E-state index contributed by atoms with van der Waals surface area (Å²) in [5.74, 6) is -1.42. The zero-order chi connectivity index (χ0) is 14.7. The molecule has 1 aromatic carbocycles. The summed E-state index contributed by atoms with van der Waals surface area (Å²) in [5, 5.41) is 12.2. The Morgan fingerprint density at radius 2 is 2.30 bits per heavy atom. The van der Waals surface area contributed by atoms with Gasteiger partial charge in [0.25, 0.3) is 0 Å². The predicted molar refractivity (Wildman–Crippen MR) is 76.7 cm³/mol. The van der Waals surface area contributed by atoms with Gasteiger partial charge in [0.05, 0.1) is 5.56 Å². The molecule has 0 aromatic heterocycles. The minimum absolute atomic E-state index is 0.227. The fraction of sp³-hybridized carbons (Fsp3) is 0.533. The van der Waals surface area contributed by atoms with Crippen molar-refractivity contribution in [3.63, 3.8) is 0 Å². The maximum absolute atomic E-state index is 13.3. The Balaban J connectivity index is 2.05. The molecule has 2 rings (SSSR count). The third-order valence-electron chi connectivity index (χ3n) is 3.96. The molecule has 0 bridgehead atoms. The molecule has 0 aliphatic carbocycles. The lowest BCUT2D eigenvalue weighted by Crippen LogP contribution is -2.39. The first kappa shape index (κ1) is 14.8. The number of anilines is 1. The number of carbonyl (C=O) groups is 1. The van der Waals surface area contributed by atoms with Crippen LogP contribution in [0.1, 0.15) is 30.1 Å². The van der Waals surface area contributed by atoms with Gasteiger partial charge in [0.15, 0.2) is 0 Å². The quantitative estimate of drug-likeness (QED) is 0.890. The predicted octanol–water partition coefficient (Wildman–Crippen LogP) is 2.67. The molecular formula is C15H21FN2O2. The summed E-state index contributed by atoms with van der Waals surface area (Å²) in [7, 11) is 2.11. The third-order valence-corrected chi connectivity index (χ3v) is 3.96. The number of hydrogen-bond donors (Lipinski definition) is 2. The van der Waals surface area contributed by atoms with E-state index in [1.54, 1.807) is 6.07 Å². The molecule has 1 saturated heterocycles. The summed E-state index contributed by atoms with van der Waals surface area (Å²) in [6.07, 6.45) is 2.34. The SMILES string of the molecule is CC(Nc1ccc(F)c(C(=O)O)c1)C1CCCN(C)C1. The van der Waals surface area contributed by atoms with Crippen LogP contribution in [0.15, 0.2) is 18.2 Å². The maximum atomic E-state index is 13.3. The van der Waals surface area contributed by atoms with Gasteiger partial charge in [-0.2, -0.15) is 0 Å². The molecule has 5 heteroatoms. The number of carboxylic acids is 1. The zero-order valence-electron chi connectivity index (χ0n) is 11.9. The Bertz CT molecular complexity index is 493. The van der Waals surface area contributed by atoms with Gasteiger partial charge in [-0.1, -0.05) is 0 Å². The second-order valence-corrected chi connectivity index (χ2v) is 5.60. The second kappa shape index (κ2) is 6.22. The number of carboxylic acid groups (broad SMARTS) is 1. The van der Waals surface area contributed by atoms with Gasteiger partial charge in [-0.05, 0) is 57.5 Å². The molecule has 1 heterocycles. The highest BCUT2D eigenvalue weighted by Crippen LogP contribution is 2.22. The van der Waals surface area contributed by atoms with E-state index >= 15 is 0 Å². The number of hydrogen-bond acceptors (Lipinski definition) is 3. The lowest BCUT2D eigenvalue weighted by atomic mass is 9.91.